The summed E-state index contributed by atoms with van der Waals surface area (Å²) in [6.45, 7) is 5.40. The number of carbonyl (C=O) groups is 1. The highest BCUT2D eigenvalue weighted by Crippen LogP contribution is 2.41. The summed E-state index contributed by atoms with van der Waals surface area (Å²) >= 11 is 0. The molecule has 30 heavy (non-hydrogen) atoms. The maximum absolute atomic E-state index is 12.8. The third-order valence-electron chi connectivity index (χ3n) is 4.81. The topological polar surface area (TPSA) is 65.4 Å². The molecule has 0 aromatic heterocycles. The summed E-state index contributed by atoms with van der Waals surface area (Å²) in [6, 6.07) is 9.38. The van der Waals surface area contributed by atoms with Gasteiger partial charge in [-0.25, -0.2) is 9.79 Å². The molecule has 0 atom stereocenters. The average molecular weight is 406 g/mol. The van der Waals surface area contributed by atoms with E-state index in [0.717, 1.165) is 24.1 Å². The van der Waals surface area contributed by atoms with Crippen LogP contribution in [-0.2, 0) is 4.74 Å². The van der Waals surface area contributed by atoms with Gasteiger partial charge in [0.05, 0.1) is 24.2 Å². The Labute approximate surface area is 181 Å². The van der Waals surface area contributed by atoms with Crippen LogP contribution in [0.3, 0.4) is 0 Å². The Bertz CT molecular complexity index is 1460. The van der Waals surface area contributed by atoms with Crippen LogP contribution in [0.15, 0.2) is 65.0 Å². The first-order chi connectivity index (χ1) is 16.3. The Balaban J connectivity index is 2.24. The van der Waals surface area contributed by atoms with Crippen molar-refractivity contribution in [2.45, 2.75) is 13.8 Å². The number of anilines is 1. The Morgan fingerprint density at radius 2 is 1.97 bits per heavy atom. The van der Waals surface area contributed by atoms with Crippen molar-refractivity contribution >= 4 is 22.6 Å². The van der Waals surface area contributed by atoms with E-state index < -0.39 is 24.1 Å². The van der Waals surface area contributed by atoms with Crippen LogP contribution < -0.4 is 15.7 Å². The lowest BCUT2D eigenvalue weighted by atomic mass is 9.90. The van der Waals surface area contributed by atoms with E-state index in [1.165, 1.54) is 7.11 Å². The number of benzene rings is 3. The van der Waals surface area contributed by atoms with E-state index in [0.29, 0.717) is 27.9 Å². The van der Waals surface area contributed by atoms with Gasteiger partial charge in [-0.2, -0.15) is 0 Å². The Morgan fingerprint density at radius 1 is 1.13 bits per heavy atom. The van der Waals surface area contributed by atoms with Gasteiger partial charge in [0.1, 0.15) is 17.9 Å². The van der Waals surface area contributed by atoms with Crippen LogP contribution in [0.25, 0.3) is 33.4 Å². The van der Waals surface area contributed by atoms with E-state index >= 15 is 0 Å². The summed E-state index contributed by atoms with van der Waals surface area (Å²) in [5.74, 6) is -0.324. The molecule has 0 unspecified atom stereocenters. The monoisotopic (exact) mass is 405 g/mol. The van der Waals surface area contributed by atoms with Gasteiger partial charge in [0.2, 0.25) is 5.36 Å². The van der Waals surface area contributed by atoms with Gasteiger partial charge < -0.3 is 14.5 Å². The molecule has 0 amide bonds. The fourth-order valence-electron chi connectivity index (χ4n) is 3.54. The van der Waals surface area contributed by atoms with Gasteiger partial charge in [-0.3, -0.25) is 0 Å². The zero-order valence-corrected chi connectivity index (χ0v) is 17.1. The molecule has 5 heteroatoms. The number of carbonyl (C=O) groups excluding carboxylic acids is 1. The molecule has 0 bridgehead atoms. The summed E-state index contributed by atoms with van der Waals surface area (Å²) in [5.41, 5.74) is 2.31. The lowest BCUT2D eigenvalue weighted by Crippen LogP contribution is -2.75. The second-order valence-electron chi connectivity index (χ2n) is 6.70. The van der Waals surface area contributed by atoms with Crippen molar-refractivity contribution in [2.75, 3.05) is 25.5 Å². The molecule has 1 aliphatic carbocycles. The van der Waals surface area contributed by atoms with E-state index in [2.05, 4.69) is 10.3 Å². The van der Waals surface area contributed by atoms with Crippen LogP contribution in [-0.4, -0.2) is 26.2 Å². The normalized spacial score (nSPS) is 13.6. The molecule has 0 fully saturated rings. The van der Waals surface area contributed by atoms with Crippen LogP contribution >= 0.6 is 0 Å². The summed E-state index contributed by atoms with van der Waals surface area (Å²) in [7, 11) is 1.19. The van der Waals surface area contributed by atoms with Crippen LogP contribution in [0, 0.1) is 0 Å². The first kappa shape index (κ1) is 15.3. The molecule has 5 nitrogen and oxygen atoms in total. The number of esters is 1. The number of nitrogens with one attached hydrogen (secondary N) is 2. The molecule has 0 radical (unpaired) electrons. The highest BCUT2D eigenvalue weighted by molar-refractivity contribution is 6.08. The third kappa shape index (κ3) is 3.54. The number of fused-ring (bicyclic) bond motifs is 2. The molecule has 2 N–H and O–H groups in total. The fourth-order valence-corrected chi connectivity index (χ4v) is 3.54. The minimum Gasteiger partial charge on any atom is -0.465 e. The number of methoxy groups -OCH3 is 1. The molecule has 2 aromatic rings. The zero-order chi connectivity index (χ0) is 24.6. The second kappa shape index (κ2) is 8.41. The van der Waals surface area contributed by atoms with Crippen LogP contribution in [0.4, 0.5) is 5.69 Å². The van der Waals surface area contributed by atoms with Crippen molar-refractivity contribution in [3.8, 4) is 22.5 Å². The highest BCUT2D eigenvalue weighted by Gasteiger charge is 2.22. The fraction of sp³-hybridized carbons (Fsp3) is 0.200. The van der Waals surface area contributed by atoms with Crippen molar-refractivity contribution in [2.24, 2.45) is 0 Å². The van der Waals surface area contributed by atoms with Crippen LogP contribution in [0.1, 0.15) is 29.7 Å². The average Bonchev–Trinajstić information content (AvgIpc) is 2.83. The van der Waals surface area contributed by atoms with Gasteiger partial charge in [-0.15, -0.1) is 0 Å². The lowest BCUT2D eigenvalue weighted by molar-refractivity contribution is -0.496. The Hall–Kier alpha value is -3.60. The second-order valence-corrected chi connectivity index (χ2v) is 6.70. The minimum absolute atomic E-state index is 0.0797. The zero-order valence-electron chi connectivity index (χ0n) is 21.1. The maximum Gasteiger partial charge on any atom is 0.338 e. The van der Waals surface area contributed by atoms with Gasteiger partial charge >= 0.3 is 5.97 Å². The number of hydrogen-bond acceptors (Lipinski definition) is 4. The summed E-state index contributed by atoms with van der Waals surface area (Å²) in [5, 5.41) is 4.70. The van der Waals surface area contributed by atoms with Crippen molar-refractivity contribution < 1.29 is 24.4 Å². The highest BCUT2D eigenvalue weighted by atomic mass is 16.5. The van der Waals surface area contributed by atoms with Gasteiger partial charge in [0.25, 0.3) is 0 Å². The molecule has 2 aromatic carbocycles. The SMILES string of the molecule is [2H]c1c([2H])c([2H])c(-c2c3ccc(=[NH+]CC)cc-3oc3cc(NCC)ccc23)c(C(=O)OC)c1[2H]. The number of ether oxygens (including phenoxy) is 1. The molecular formula is C25H25N2O3+. The standard InChI is InChI=1S/C25H24N2O3/c1-4-26-16-10-12-20-22(14-16)30-23-15-17(27-5-2)11-13-21(23)24(20)18-8-6-7-9-19(18)25(28)29-3/h6-15,26H,4-5H2,1-3H3/p+1/i6D,7D,8D,9D. The Kier molecular flexibility index (Phi) is 4.28. The van der Waals surface area contributed by atoms with Crippen molar-refractivity contribution in [3.05, 3.63) is 71.5 Å². The third-order valence-corrected chi connectivity index (χ3v) is 4.81. The smallest absolute Gasteiger partial charge is 0.338 e. The maximum atomic E-state index is 12.8. The number of rotatable bonds is 5. The molecule has 0 saturated carbocycles. The predicted octanol–water partition coefficient (Wildman–Crippen LogP) is 3.42. The van der Waals surface area contributed by atoms with E-state index in [-0.39, 0.29) is 17.2 Å². The van der Waals surface area contributed by atoms with Gasteiger partial charge in [-0.1, -0.05) is 18.1 Å². The van der Waals surface area contributed by atoms with E-state index in [9.17, 15) is 4.79 Å². The van der Waals surface area contributed by atoms with Crippen molar-refractivity contribution in [1.82, 2.24) is 0 Å². The van der Waals surface area contributed by atoms with E-state index in [1.54, 1.807) is 0 Å². The van der Waals surface area contributed by atoms with Crippen molar-refractivity contribution in [3.63, 3.8) is 0 Å². The van der Waals surface area contributed by atoms with Gasteiger partial charge in [0, 0.05) is 40.9 Å². The number of hydrogen-bond donors (Lipinski definition) is 2. The Morgan fingerprint density at radius 3 is 2.73 bits per heavy atom. The first-order valence-electron chi connectivity index (χ1n) is 11.8. The molecule has 1 heterocycles. The summed E-state index contributed by atoms with van der Waals surface area (Å²) in [6.07, 6.45) is 0. The predicted molar refractivity (Wildman–Crippen MR) is 118 cm³/mol. The molecular weight excluding hydrogens is 376 g/mol. The molecule has 2 aliphatic rings. The lowest BCUT2D eigenvalue weighted by Gasteiger charge is -2.17. The van der Waals surface area contributed by atoms with E-state index in [4.69, 9.17) is 14.6 Å². The van der Waals surface area contributed by atoms with Gasteiger partial charge in [0.15, 0.2) is 0 Å². The minimum atomic E-state index is -0.836. The summed E-state index contributed by atoms with van der Waals surface area (Å²) in [4.78, 5) is 16.0. The largest absolute Gasteiger partial charge is 0.465 e. The molecule has 1 aliphatic heterocycles. The molecule has 0 saturated heterocycles. The van der Waals surface area contributed by atoms with Crippen molar-refractivity contribution in [1.29, 1.82) is 0 Å². The van der Waals surface area contributed by atoms with Crippen LogP contribution in [0.2, 0.25) is 0 Å². The summed E-state index contributed by atoms with van der Waals surface area (Å²) < 4.78 is 44.6. The first-order valence-corrected chi connectivity index (χ1v) is 9.82. The van der Waals surface area contributed by atoms with E-state index in [1.807, 2.05) is 50.2 Å². The van der Waals surface area contributed by atoms with Gasteiger partial charge in [-0.05, 0) is 43.7 Å². The quantitative estimate of drug-likeness (QED) is 0.394. The molecule has 4 rings (SSSR count). The van der Waals surface area contributed by atoms with Crippen LogP contribution in [0.5, 0.6) is 0 Å². The molecule has 152 valence electrons. The molecule has 0 spiro atoms.